The van der Waals surface area contributed by atoms with Gasteiger partial charge in [0.25, 0.3) is 0 Å². The topological polar surface area (TPSA) is 44.8 Å². The smallest absolute Gasteiger partial charge is 0.339 e. The first-order chi connectivity index (χ1) is 10.5. The Hall–Kier alpha value is -1.92. The van der Waals surface area contributed by atoms with E-state index in [-0.39, 0.29) is 20.0 Å². The van der Waals surface area contributed by atoms with E-state index in [4.69, 9.17) is 14.2 Å². The lowest BCUT2D eigenvalue weighted by molar-refractivity contribution is -0.0182. The maximum Gasteiger partial charge on any atom is 0.339 e. The Bertz CT molecular complexity index is 723. The highest BCUT2D eigenvalue weighted by molar-refractivity contribution is 7.12. The van der Waals surface area contributed by atoms with Gasteiger partial charge in [-0.25, -0.2) is 9.18 Å². The van der Waals surface area contributed by atoms with Crippen molar-refractivity contribution in [2.75, 3.05) is 6.79 Å². The van der Waals surface area contributed by atoms with Crippen molar-refractivity contribution in [2.24, 2.45) is 0 Å². The van der Waals surface area contributed by atoms with Crippen LogP contribution >= 0.6 is 11.3 Å². The summed E-state index contributed by atoms with van der Waals surface area (Å²) in [6, 6.07) is 4.49. The molecule has 1 aromatic heterocycles. The van der Waals surface area contributed by atoms with E-state index in [1.165, 1.54) is 12.1 Å². The second-order valence-corrected chi connectivity index (χ2v) is 6.53. The van der Waals surface area contributed by atoms with Gasteiger partial charge in [0, 0.05) is 20.9 Å². The van der Waals surface area contributed by atoms with Gasteiger partial charge in [0.05, 0.1) is 12.2 Å². The van der Waals surface area contributed by atoms with Gasteiger partial charge in [-0.2, -0.15) is 0 Å². The van der Waals surface area contributed by atoms with Gasteiger partial charge >= 0.3 is 5.97 Å². The third-order valence-corrected chi connectivity index (χ3v) is 4.34. The highest BCUT2D eigenvalue weighted by Crippen LogP contribution is 2.30. The molecule has 1 aliphatic heterocycles. The van der Waals surface area contributed by atoms with Crippen molar-refractivity contribution >= 4 is 17.3 Å². The molecule has 2 heterocycles. The fraction of sp³-hybridized carbons (Fsp3) is 0.312. The average Bonchev–Trinajstić information content (AvgIpc) is 2.83. The van der Waals surface area contributed by atoms with Crippen LogP contribution in [0.4, 0.5) is 4.39 Å². The second kappa shape index (κ2) is 6.06. The van der Waals surface area contributed by atoms with E-state index in [1.807, 2.05) is 13.8 Å². The molecule has 4 nitrogen and oxygen atoms in total. The van der Waals surface area contributed by atoms with E-state index in [0.29, 0.717) is 22.4 Å². The van der Waals surface area contributed by atoms with Crippen molar-refractivity contribution < 1.29 is 23.4 Å². The van der Waals surface area contributed by atoms with E-state index < -0.39 is 11.8 Å². The predicted octanol–water partition coefficient (Wildman–Crippen LogP) is 3.73. The molecule has 0 fully saturated rings. The highest BCUT2D eigenvalue weighted by atomic mass is 32.1. The molecule has 0 N–H and O–H groups in total. The zero-order valence-corrected chi connectivity index (χ0v) is 13.1. The third-order valence-electron chi connectivity index (χ3n) is 3.37. The molecule has 3 rings (SSSR count). The molecule has 1 aromatic carbocycles. The number of fused-ring (bicyclic) bond motifs is 1. The molecule has 2 aromatic rings. The molecule has 1 aliphatic rings. The summed E-state index contributed by atoms with van der Waals surface area (Å²) >= 11 is 1.54. The quantitative estimate of drug-likeness (QED) is 0.808. The van der Waals surface area contributed by atoms with Crippen molar-refractivity contribution in [2.45, 2.75) is 27.1 Å². The Morgan fingerprint density at radius 2 is 2.18 bits per heavy atom. The van der Waals surface area contributed by atoms with Gasteiger partial charge in [-0.15, -0.1) is 11.3 Å². The highest BCUT2D eigenvalue weighted by Gasteiger charge is 2.19. The molecule has 0 saturated carbocycles. The standard InChI is InChI=1S/C16H15FO4S/c1-9-3-14(10(2)22-9)16(18)20-7-12-5-13(17)4-11-6-19-8-21-15(11)12/h3-5H,6-8H2,1-2H3. The van der Waals surface area contributed by atoms with E-state index >= 15 is 0 Å². The van der Waals surface area contributed by atoms with Gasteiger partial charge in [0.15, 0.2) is 6.79 Å². The summed E-state index contributed by atoms with van der Waals surface area (Å²) in [6.07, 6.45) is 0. The summed E-state index contributed by atoms with van der Waals surface area (Å²) in [6.45, 7) is 4.18. The van der Waals surface area contributed by atoms with Crippen LogP contribution in [-0.2, 0) is 22.7 Å². The molecule has 0 bridgehead atoms. The number of hydrogen-bond acceptors (Lipinski definition) is 5. The molecule has 116 valence electrons. The number of hydrogen-bond donors (Lipinski definition) is 0. The monoisotopic (exact) mass is 322 g/mol. The number of thiophene rings is 1. The molecule has 0 atom stereocenters. The number of ether oxygens (including phenoxy) is 3. The van der Waals surface area contributed by atoms with Gasteiger partial charge in [0.1, 0.15) is 18.2 Å². The Labute approximate surface area is 131 Å². The molecular formula is C16H15FO4S. The summed E-state index contributed by atoms with van der Waals surface area (Å²) in [5.41, 5.74) is 1.69. The van der Waals surface area contributed by atoms with E-state index in [9.17, 15) is 9.18 Å². The van der Waals surface area contributed by atoms with Crippen LogP contribution in [0.5, 0.6) is 5.75 Å². The number of benzene rings is 1. The lowest BCUT2D eigenvalue weighted by Crippen LogP contribution is -2.15. The summed E-state index contributed by atoms with van der Waals surface area (Å²) in [7, 11) is 0. The fourth-order valence-electron chi connectivity index (χ4n) is 2.42. The zero-order valence-electron chi connectivity index (χ0n) is 12.3. The SMILES string of the molecule is Cc1cc(C(=O)OCc2cc(F)cc3c2OCOC3)c(C)s1. The van der Waals surface area contributed by atoms with Crippen molar-refractivity contribution in [3.8, 4) is 5.75 Å². The molecule has 6 heteroatoms. The number of carbonyl (C=O) groups excluding carboxylic acids is 1. The first kappa shape index (κ1) is 15.0. The van der Waals surface area contributed by atoms with Crippen LogP contribution in [0, 0.1) is 19.7 Å². The minimum absolute atomic E-state index is 0.0345. The van der Waals surface area contributed by atoms with Gasteiger partial charge in [-0.1, -0.05) is 0 Å². The molecule has 0 aliphatic carbocycles. The largest absolute Gasteiger partial charge is 0.467 e. The maximum atomic E-state index is 13.6. The van der Waals surface area contributed by atoms with Crippen LogP contribution in [0.1, 0.15) is 31.2 Å². The number of aryl methyl sites for hydroxylation is 2. The second-order valence-electron chi connectivity index (χ2n) is 5.07. The van der Waals surface area contributed by atoms with Crippen LogP contribution in [0.15, 0.2) is 18.2 Å². The first-order valence-electron chi connectivity index (χ1n) is 6.80. The van der Waals surface area contributed by atoms with E-state index in [1.54, 1.807) is 17.4 Å². The first-order valence-corrected chi connectivity index (χ1v) is 7.62. The van der Waals surface area contributed by atoms with Crippen molar-refractivity contribution in [1.82, 2.24) is 0 Å². The molecule has 0 spiro atoms. The molecule has 0 saturated heterocycles. The van der Waals surface area contributed by atoms with Crippen LogP contribution < -0.4 is 4.74 Å². The van der Waals surface area contributed by atoms with Crippen molar-refractivity contribution in [1.29, 1.82) is 0 Å². The van der Waals surface area contributed by atoms with Crippen molar-refractivity contribution in [3.63, 3.8) is 0 Å². The lowest BCUT2D eigenvalue weighted by Gasteiger charge is -2.20. The molecule has 22 heavy (non-hydrogen) atoms. The number of rotatable bonds is 3. The summed E-state index contributed by atoms with van der Waals surface area (Å²) in [5.74, 6) is -0.271. The lowest BCUT2D eigenvalue weighted by atomic mass is 10.1. The van der Waals surface area contributed by atoms with Gasteiger partial charge in [-0.3, -0.25) is 0 Å². The summed E-state index contributed by atoms with van der Waals surface area (Å²) in [5, 5.41) is 0. The fourth-order valence-corrected chi connectivity index (χ4v) is 3.33. The number of esters is 1. The van der Waals surface area contributed by atoms with E-state index in [0.717, 1.165) is 9.75 Å². The Kier molecular flexibility index (Phi) is 4.13. The molecule has 0 amide bonds. The van der Waals surface area contributed by atoms with E-state index in [2.05, 4.69) is 0 Å². The van der Waals surface area contributed by atoms with Gasteiger partial charge < -0.3 is 14.2 Å². The zero-order chi connectivity index (χ0) is 15.7. The number of carbonyl (C=O) groups is 1. The Balaban J connectivity index is 1.78. The summed E-state index contributed by atoms with van der Waals surface area (Å²) in [4.78, 5) is 14.1. The van der Waals surface area contributed by atoms with Gasteiger partial charge in [-0.05, 0) is 32.0 Å². The van der Waals surface area contributed by atoms with Crippen LogP contribution in [0.3, 0.4) is 0 Å². The third kappa shape index (κ3) is 2.98. The summed E-state index contributed by atoms with van der Waals surface area (Å²) < 4.78 is 29.5. The molecule has 0 unspecified atom stereocenters. The minimum atomic E-state index is -0.410. The van der Waals surface area contributed by atoms with Crippen LogP contribution in [-0.4, -0.2) is 12.8 Å². The normalized spacial score (nSPS) is 13.4. The Morgan fingerprint density at radius 1 is 1.36 bits per heavy atom. The average molecular weight is 322 g/mol. The minimum Gasteiger partial charge on any atom is -0.467 e. The molecular weight excluding hydrogens is 307 g/mol. The predicted molar refractivity (Wildman–Crippen MR) is 79.6 cm³/mol. The van der Waals surface area contributed by atoms with Crippen LogP contribution in [0.2, 0.25) is 0 Å². The Morgan fingerprint density at radius 3 is 2.91 bits per heavy atom. The van der Waals surface area contributed by atoms with Gasteiger partial charge in [0.2, 0.25) is 0 Å². The van der Waals surface area contributed by atoms with Crippen LogP contribution in [0.25, 0.3) is 0 Å². The van der Waals surface area contributed by atoms with Crippen molar-refractivity contribution in [3.05, 3.63) is 50.5 Å². The molecule has 0 radical (unpaired) electrons. The number of halogens is 1. The maximum absolute atomic E-state index is 13.6.